The highest BCUT2D eigenvalue weighted by atomic mass is 16.6. The zero-order valence-electron chi connectivity index (χ0n) is 12.4. The lowest BCUT2D eigenvalue weighted by Gasteiger charge is -2.03. The van der Waals surface area contributed by atoms with Crippen molar-refractivity contribution in [2.24, 2.45) is 4.99 Å². The lowest BCUT2D eigenvalue weighted by Crippen LogP contribution is -2.07. The highest BCUT2D eigenvalue weighted by molar-refractivity contribution is 6.13. The van der Waals surface area contributed by atoms with Crippen LogP contribution in [0.3, 0.4) is 0 Å². The number of esters is 1. The van der Waals surface area contributed by atoms with Crippen LogP contribution in [0.1, 0.15) is 18.1 Å². The van der Waals surface area contributed by atoms with Crippen molar-refractivity contribution in [3.05, 3.63) is 71.4 Å². The number of ether oxygens (including phenoxy) is 1. The van der Waals surface area contributed by atoms with Crippen LogP contribution >= 0.6 is 0 Å². The normalized spacial score (nSPS) is 15.3. The minimum absolute atomic E-state index is 0.143. The number of anilines is 1. The van der Waals surface area contributed by atoms with E-state index < -0.39 is 5.97 Å². The lowest BCUT2D eigenvalue weighted by atomic mass is 10.2. The van der Waals surface area contributed by atoms with E-state index in [1.807, 2.05) is 30.3 Å². The Bertz CT molecular complexity index is 806. The van der Waals surface area contributed by atoms with Crippen molar-refractivity contribution in [3.8, 4) is 0 Å². The topological polar surface area (TPSA) is 67.8 Å². The van der Waals surface area contributed by atoms with Crippen LogP contribution < -0.4 is 5.32 Å². The van der Waals surface area contributed by atoms with Gasteiger partial charge in [0.25, 0.3) is 0 Å². The third-order valence-electron chi connectivity index (χ3n) is 3.18. The van der Waals surface area contributed by atoms with E-state index in [-0.39, 0.29) is 17.5 Å². The number of rotatable bonds is 3. The molecule has 1 N–H and O–H groups in total. The fourth-order valence-corrected chi connectivity index (χ4v) is 2.14. The maximum absolute atomic E-state index is 11.9. The van der Waals surface area contributed by atoms with E-state index in [4.69, 9.17) is 4.74 Å². The van der Waals surface area contributed by atoms with Crippen LogP contribution in [0.4, 0.5) is 5.69 Å². The number of benzene rings is 2. The van der Waals surface area contributed by atoms with E-state index in [2.05, 4.69) is 10.3 Å². The minimum Gasteiger partial charge on any atom is -0.402 e. The monoisotopic (exact) mass is 306 g/mol. The number of nitrogens with zero attached hydrogens (tertiary/aromatic N) is 1. The fourth-order valence-electron chi connectivity index (χ4n) is 2.14. The van der Waals surface area contributed by atoms with Gasteiger partial charge in [-0.1, -0.05) is 30.3 Å². The largest absolute Gasteiger partial charge is 0.402 e. The first-order valence-corrected chi connectivity index (χ1v) is 7.07. The second-order valence-corrected chi connectivity index (χ2v) is 5.01. The fraction of sp³-hybridized carbons (Fsp3) is 0.0556. The molecular weight excluding hydrogens is 292 g/mol. The van der Waals surface area contributed by atoms with Crippen molar-refractivity contribution < 1.29 is 14.3 Å². The van der Waals surface area contributed by atoms with Crippen molar-refractivity contribution in [2.45, 2.75) is 6.92 Å². The van der Waals surface area contributed by atoms with Crippen molar-refractivity contribution in [1.29, 1.82) is 0 Å². The molecular formula is C18H14N2O3. The zero-order chi connectivity index (χ0) is 16.2. The Kier molecular flexibility index (Phi) is 4.01. The molecule has 3 rings (SSSR count). The van der Waals surface area contributed by atoms with Gasteiger partial charge in [0.15, 0.2) is 5.70 Å². The van der Waals surface area contributed by atoms with Gasteiger partial charge in [-0.05, 0) is 35.9 Å². The Morgan fingerprint density at radius 2 is 1.78 bits per heavy atom. The minimum atomic E-state index is -0.477. The summed E-state index contributed by atoms with van der Waals surface area (Å²) in [5.41, 5.74) is 2.48. The Hall–Kier alpha value is -3.21. The molecule has 1 amide bonds. The Balaban J connectivity index is 1.84. The number of carbonyl (C=O) groups excluding carboxylic acids is 2. The van der Waals surface area contributed by atoms with Gasteiger partial charge in [-0.3, -0.25) is 4.79 Å². The van der Waals surface area contributed by atoms with Gasteiger partial charge in [0.1, 0.15) is 0 Å². The molecule has 0 spiro atoms. The Morgan fingerprint density at radius 3 is 2.43 bits per heavy atom. The molecule has 0 aromatic heterocycles. The summed E-state index contributed by atoms with van der Waals surface area (Å²) in [6.07, 6.45) is 1.68. The first-order valence-electron chi connectivity index (χ1n) is 7.07. The number of aliphatic imine (C=N–C) groups is 1. The highest BCUT2D eigenvalue weighted by Crippen LogP contribution is 2.20. The number of cyclic esters (lactones) is 1. The smallest absolute Gasteiger partial charge is 0.363 e. The van der Waals surface area contributed by atoms with E-state index >= 15 is 0 Å². The number of hydrogen-bond acceptors (Lipinski definition) is 4. The SMILES string of the molecule is CC(=O)Nc1ccc(C2=N/C(=C/c3ccccc3)C(=O)O2)cc1. The lowest BCUT2D eigenvalue weighted by molar-refractivity contribution is -0.129. The van der Waals surface area contributed by atoms with Gasteiger partial charge >= 0.3 is 5.97 Å². The molecule has 0 bridgehead atoms. The molecule has 1 aliphatic rings. The quantitative estimate of drug-likeness (QED) is 0.700. The van der Waals surface area contributed by atoms with Crippen LogP contribution in [0.15, 0.2) is 65.3 Å². The van der Waals surface area contributed by atoms with Gasteiger partial charge in [-0.15, -0.1) is 0 Å². The molecule has 23 heavy (non-hydrogen) atoms. The summed E-state index contributed by atoms with van der Waals surface area (Å²) in [7, 11) is 0. The average molecular weight is 306 g/mol. The van der Waals surface area contributed by atoms with E-state index in [1.165, 1.54) is 6.92 Å². The van der Waals surface area contributed by atoms with Crippen LogP contribution in [0.25, 0.3) is 6.08 Å². The van der Waals surface area contributed by atoms with Crippen molar-refractivity contribution in [2.75, 3.05) is 5.32 Å². The number of carbonyl (C=O) groups is 2. The standard InChI is InChI=1S/C18H14N2O3/c1-12(21)19-15-9-7-14(8-10-15)17-20-16(18(22)23-17)11-13-5-3-2-4-6-13/h2-11H,1H3,(H,19,21)/b16-11+. The summed E-state index contributed by atoms with van der Waals surface area (Å²) in [5, 5.41) is 2.67. The molecule has 0 fully saturated rings. The third-order valence-corrected chi connectivity index (χ3v) is 3.18. The summed E-state index contributed by atoms with van der Waals surface area (Å²) >= 11 is 0. The van der Waals surface area contributed by atoms with Gasteiger partial charge in [0.05, 0.1) is 0 Å². The van der Waals surface area contributed by atoms with Crippen LogP contribution in [0, 0.1) is 0 Å². The molecule has 1 aliphatic heterocycles. The Morgan fingerprint density at radius 1 is 1.09 bits per heavy atom. The van der Waals surface area contributed by atoms with Gasteiger partial charge in [-0.25, -0.2) is 9.79 Å². The predicted octanol–water partition coefficient (Wildman–Crippen LogP) is 2.99. The maximum Gasteiger partial charge on any atom is 0.363 e. The molecule has 0 radical (unpaired) electrons. The zero-order valence-corrected chi connectivity index (χ0v) is 12.4. The molecule has 0 saturated heterocycles. The molecule has 114 valence electrons. The van der Waals surface area contributed by atoms with Crippen LogP contribution in [-0.4, -0.2) is 17.8 Å². The first-order chi connectivity index (χ1) is 11.1. The van der Waals surface area contributed by atoms with Gasteiger partial charge < -0.3 is 10.1 Å². The predicted molar refractivity (Wildman–Crippen MR) is 87.8 cm³/mol. The maximum atomic E-state index is 11.9. The average Bonchev–Trinajstić information content (AvgIpc) is 2.89. The molecule has 0 atom stereocenters. The molecule has 1 heterocycles. The molecule has 5 heteroatoms. The number of hydrogen-bond donors (Lipinski definition) is 1. The van der Waals surface area contributed by atoms with Crippen LogP contribution in [0.5, 0.6) is 0 Å². The van der Waals surface area contributed by atoms with Crippen molar-refractivity contribution >= 4 is 29.5 Å². The number of amides is 1. The Labute approximate surface area is 133 Å². The molecule has 2 aromatic carbocycles. The second kappa shape index (κ2) is 6.27. The van der Waals surface area contributed by atoms with E-state index in [0.29, 0.717) is 11.3 Å². The second-order valence-electron chi connectivity index (χ2n) is 5.01. The van der Waals surface area contributed by atoms with Crippen LogP contribution in [-0.2, 0) is 14.3 Å². The molecule has 5 nitrogen and oxygen atoms in total. The molecule has 0 saturated carbocycles. The summed E-state index contributed by atoms with van der Waals surface area (Å²) in [5.74, 6) is -0.364. The van der Waals surface area contributed by atoms with Gasteiger partial charge in [0, 0.05) is 18.2 Å². The third kappa shape index (κ3) is 3.52. The van der Waals surface area contributed by atoms with E-state index in [9.17, 15) is 9.59 Å². The summed E-state index contributed by atoms with van der Waals surface area (Å²) in [4.78, 5) is 27.2. The van der Waals surface area contributed by atoms with Crippen LogP contribution in [0.2, 0.25) is 0 Å². The van der Waals surface area contributed by atoms with E-state index in [0.717, 1.165) is 5.56 Å². The number of nitrogens with one attached hydrogen (secondary N) is 1. The molecule has 2 aromatic rings. The van der Waals surface area contributed by atoms with Gasteiger partial charge in [0.2, 0.25) is 11.8 Å². The van der Waals surface area contributed by atoms with Crippen molar-refractivity contribution in [1.82, 2.24) is 0 Å². The molecule has 0 aliphatic carbocycles. The summed E-state index contributed by atoms with van der Waals surface area (Å²) in [6, 6.07) is 16.4. The van der Waals surface area contributed by atoms with Crippen molar-refractivity contribution in [3.63, 3.8) is 0 Å². The highest BCUT2D eigenvalue weighted by Gasteiger charge is 2.24. The van der Waals surface area contributed by atoms with E-state index in [1.54, 1.807) is 30.3 Å². The first kappa shape index (κ1) is 14.7. The molecule has 0 unspecified atom stereocenters. The van der Waals surface area contributed by atoms with Gasteiger partial charge in [-0.2, -0.15) is 0 Å². The summed E-state index contributed by atoms with van der Waals surface area (Å²) in [6.45, 7) is 1.44. The summed E-state index contributed by atoms with van der Waals surface area (Å²) < 4.78 is 5.21.